The van der Waals surface area contributed by atoms with Crippen LogP contribution in [0.4, 0.5) is 28.4 Å². The summed E-state index contributed by atoms with van der Waals surface area (Å²) < 4.78 is 0. The molecule has 0 aromatic heterocycles. The predicted molar refractivity (Wildman–Crippen MR) is 276 cm³/mol. The first-order chi connectivity index (χ1) is 31.5. The maximum Gasteiger partial charge on any atom is 0.0540 e. The summed E-state index contributed by atoms with van der Waals surface area (Å²) in [5.74, 6) is 0. The average Bonchev–Trinajstić information content (AvgIpc) is 3.56. The van der Waals surface area contributed by atoms with Crippen LogP contribution in [-0.4, -0.2) is 0 Å². The summed E-state index contributed by atoms with van der Waals surface area (Å²) in [6, 6.07) is 63.7. The maximum atomic E-state index is 2.56. The topological polar surface area (TPSA) is 6.48 Å². The SMILES string of the molecule is CC1(C)C2=C(CCC=C2)N(c2ccc3c(c2)C(C)(C)c2cc(/C=C/c4ccc(-c5ccc(N6c7ccccc7C(C)(C)c7ccccc76)c6ccccc56)cc4)ccc2-3)c2ccccc21. The standard InChI is InChI=1S/C63H54N2/c1-61(2)50-19-9-13-23-57(50)64(58-24-14-10-20-51(58)61)44-34-36-48-47-35-31-42(39-54(47)63(5,6)55(48)40-44)28-27-41-29-32-43(33-30-41)45-37-38-56(49-18-8-7-17-46(45)49)65-59-25-15-11-21-52(59)62(3,4)53-22-12-16-26-60(53)65/h7-13,15-23,25-40H,14,24H2,1-6H3/b28-27+. The van der Waals surface area contributed by atoms with E-state index in [-0.39, 0.29) is 16.2 Å². The fourth-order valence-corrected chi connectivity index (χ4v) is 11.8. The van der Waals surface area contributed by atoms with Gasteiger partial charge in [-0.2, -0.15) is 0 Å². The van der Waals surface area contributed by atoms with Gasteiger partial charge in [-0.05, 0) is 121 Å². The highest BCUT2D eigenvalue weighted by Crippen LogP contribution is 2.56. The normalized spacial score (nSPS) is 17.1. The predicted octanol–water partition coefficient (Wildman–Crippen LogP) is 17.1. The van der Waals surface area contributed by atoms with Gasteiger partial charge in [-0.3, -0.25) is 0 Å². The van der Waals surface area contributed by atoms with Gasteiger partial charge >= 0.3 is 0 Å². The number of nitrogens with zero attached hydrogens (tertiary/aromatic N) is 2. The van der Waals surface area contributed by atoms with Crippen molar-refractivity contribution in [1.82, 2.24) is 0 Å². The number of benzene rings is 8. The molecule has 8 aromatic carbocycles. The lowest BCUT2D eigenvalue weighted by Gasteiger charge is -2.44. The number of para-hydroxylation sites is 3. The Balaban J connectivity index is 0.836. The van der Waals surface area contributed by atoms with Crippen molar-refractivity contribution in [1.29, 1.82) is 0 Å². The van der Waals surface area contributed by atoms with Gasteiger partial charge in [0.1, 0.15) is 0 Å². The lowest BCUT2D eigenvalue weighted by atomic mass is 9.71. The van der Waals surface area contributed by atoms with E-state index >= 15 is 0 Å². The van der Waals surface area contributed by atoms with E-state index in [2.05, 4.69) is 246 Å². The second-order valence-corrected chi connectivity index (χ2v) is 20.1. The van der Waals surface area contributed by atoms with Crippen LogP contribution in [-0.2, 0) is 16.2 Å². The number of hydrogen-bond donors (Lipinski definition) is 0. The summed E-state index contributed by atoms with van der Waals surface area (Å²) in [5.41, 5.74) is 23.3. The molecule has 0 N–H and O–H groups in total. The van der Waals surface area contributed by atoms with E-state index in [1.807, 2.05) is 0 Å². The van der Waals surface area contributed by atoms with Crippen LogP contribution in [0.25, 0.3) is 45.2 Å². The van der Waals surface area contributed by atoms with Crippen LogP contribution >= 0.6 is 0 Å². The maximum absolute atomic E-state index is 2.56. The van der Waals surface area contributed by atoms with Crippen LogP contribution in [0.1, 0.15) is 93.3 Å². The first kappa shape index (κ1) is 39.4. The molecule has 0 fully saturated rings. The summed E-state index contributed by atoms with van der Waals surface area (Å²) in [4.78, 5) is 5.03. The molecule has 0 saturated heterocycles. The third kappa shape index (κ3) is 5.93. The number of fused-ring (bicyclic) bond motifs is 7. The van der Waals surface area contributed by atoms with Crippen molar-refractivity contribution < 1.29 is 0 Å². The fraction of sp³-hybridized carbons (Fsp3) is 0.175. The number of rotatable bonds is 5. The highest BCUT2D eigenvalue weighted by Gasteiger charge is 2.41. The van der Waals surface area contributed by atoms with Crippen LogP contribution < -0.4 is 9.80 Å². The Morgan fingerprint density at radius 2 is 0.938 bits per heavy atom. The molecule has 2 heteroatoms. The van der Waals surface area contributed by atoms with Crippen LogP contribution in [0.2, 0.25) is 0 Å². The smallest absolute Gasteiger partial charge is 0.0540 e. The van der Waals surface area contributed by atoms with Crippen LogP contribution in [0.3, 0.4) is 0 Å². The van der Waals surface area contributed by atoms with E-state index in [0.29, 0.717) is 0 Å². The zero-order chi connectivity index (χ0) is 44.2. The molecular weight excluding hydrogens is 785 g/mol. The quantitative estimate of drug-likeness (QED) is 0.159. The van der Waals surface area contributed by atoms with Crippen molar-refractivity contribution in [2.75, 3.05) is 9.80 Å². The molecule has 2 aliphatic carbocycles. The zero-order valence-corrected chi connectivity index (χ0v) is 38.3. The van der Waals surface area contributed by atoms with Gasteiger partial charge in [-0.25, -0.2) is 0 Å². The molecule has 0 atom stereocenters. The Labute approximate surface area is 384 Å². The number of anilines is 5. The molecule has 12 rings (SSSR count). The van der Waals surface area contributed by atoms with Gasteiger partial charge in [0.15, 0.2) is 0 Å². The van der Waals surface area contributed by atoms with Crippen LogP contribution in [0.5, 0.6) is 0 Å². The van der Waals surface area contributed by atoms with Gasteiger partial charge in [-0.15, -0.1) is 0 Å². The lowest BCUT2D eigenvalue weighted by Crippen LogP contribution is -2.34. The van der Waals surface area contributed by atoms with Crippen molar-refractivity contribution in [2.24, 2.45) is 0 Å². The highest BCUT2D eigenvalue weighted by atomic mass is 15.2. The zero-order valence-electron chi connectivity index (χ0n) is 38.3. The third-order valence-electron chi connectivity index (χ3n) is 15.3. The van der Waals surface area contributed by atoms with Gasteiger partial charge in [-0.1, -0.05) is 199 Å². The van der Waals surface area contributed by atoms with E-state index in [0.717, 1.165) is 12.8 Å². The monoisotopic (exact) mass is 838 g/mol. The van der Waals surface area contributed by atoms with Crippen molar-refractivity contribution in [3.8, 4) is 22.3 Å². The molecule has 0 saturated carbocycles. The largest absolute Gasteiger partial charge is 0.314 e. The molecular formula is C63H54N2. The van der Waals surface area contributed by atoms with Gasteiger partial charge in [0.2, 0.25) is 0 Å². The highest BCUT2D eigenvalue weighted by molar-refractivity contribution is 6.07. The minimum absolute atomic E-state index is 0.0352. The summed E-state index contributed by atoms with van der Waals surface area (Å²) in [6.07, 6.45) is 11.4. The lowest BCUT2D eigenvalue weighted by molar-refractivity contribution is 0.603. The molecule has 0 unspecified atom stereocenters. The first-order valence-corrected chi connectivity index (χ1v) is 23.4. The summed E-state index contributed by atoms with van der Waals surface area (Å²) in [7, 11) is 0. The molecule has 316 valence electrons. The summed E-state index contributed by atoms with van der Waals surface area (Å²) in [5, 5.41) is 2.49. The average molecular weight is 839 g/mol. The molecule has 65 heavy (non-hydrogen) atoms. The van der Waals surface area contributed by atoms with Gasteiger partial charge < -0.3 is 9.80 Å². The number of hydrogen-bond acceptors (Lipinski definition) is 2. The fourth-order valence-electron chi connectivity index (χ4n) is 11.8. The summed E-state index contributed by atoms with van der Waals surface area (Å²) in [6.45, 7) is 14.3. The van der Waals surface area contributed by atoms with E-state index in [1.165, 1.54) is 112 Å². The second-order valence-electron chi connectivity index (χ2n) is 20.1. The summed E-state index contributed by atoms with van der Waals surface area (Å²) >= 11 is 0. The molecule has 0 bridgehead atoms. The molecule has 0 spiro atoms. The first-order valence-electron chi connectivity index (χ1n) is 23.4. The molecule has 2 heterocycles. The Hall–Kier alpha value is -7.16. The Kier molecular flexibility index (Phi) is 8.75. The van der Waals surface area contributed by atoms with Crippen LogP contribution in [0, 0.1) is 0 Å². The molecule has 8 aromatic rings. The van der Waals surface area contributed by atoms with Gasteiger partial charge in [0.05, 0.1) is 17.1 Å². The third-order valence-corrected chi connectivity index (χ3v) is 15.3. The molecule has 2 aliphatic heterocycles. The minimum atomic E-state index is -0.139. The van der Waals surface area contributed by atoms with Crippen molar-refractivity contribution >= 4 is 51.4 Å². The second kappa shape index (κ2) is 14.4. The minimum Gasteiger partial charge on any atom is -0.314 e. The van der Waals surface area contributed by atoms with Gasteiger partial charge in [0.25, 0.3) is 0 Å². The van der Waals surface area contributed by atoms with Crippen molar-refractivity contribution in [3.63, 3.8) is 0 Å². The molecule has 0 amide bonds. The van der Waals surface area contributed by atoms with E-state index in [9.17, 15) is 0 Å². The van der Waals surface area contributed by atoms with E-state index in [1.54, 1.807) is 0 Å². The van der Waals surface area contributed by atoms with E-state index < -0.39 is 0 Å². The molecule has 4 aliphatic rings. The van der Waals surface area contributed by atoms with Crippen molar-refractivity contribution in [2.45, 2.75) is 70.6 Å². The molecule has 2 nitrogen and oxygen atoms in total. The van der Waals surface area contributed by atoms with Gasteiger partial charge in [0, 0.05) is 38.7 Å². The number of allylic oxidation sites excluding steroid dienone is 4. The van der Waals surface area contributed by atoms with E-state index in [4.69, 9.17) is 0 Å². The van der Waals surface area contributed by atoms with Crippen LogP contribution in [0.15, 0.2) is 193 Å². The Morgan fingerprint density at radius 3 is 1.63 bits per heavy atom. The Bertz CT molecular complexity index is 3300. The molecule has 0 radical (unpaired) electrons. The van der Waals surface area contributed by atoms with Crippen molar-refractivity contribution in [3.05, 3.63) is 232 Å². The Morgan fingerprint density at radius 1 is 0.415 bits per heavy atom.